The molecule has 2 aromatic carbocycles. The maximum Gasteiger partial charge on any atom is 0.311 e. The number of aliphatic carboxylic acids is 1. The van der Waals surface area contributed by atoms with Crippen molar-refractivity contribution in [2.75, 3.05) is 0 Å². The zero-order valence-corrected chi connectivity index (χ0v) is 20.6. The molecule has 1 unspecified atom stereocenters. The summed E-state index contributed by atoms with van der Waals surface area (Å²) in [7, 11) is 0. The second kappa shape index (κ2) is 9.00. The lowest BCUT2D eigenvalue weighted by Gasteiger charge is -2.36. The van der Waals surface area contributed by atoms with Gasteiger partial charge in [0.25, 0.3) is 0 Å². The van der Waals surface area contributed by atoms with Crippen LogP contribution in [0.1, 0.15) is 59.2 Å². The van der Waals surface area contributed by atoms with Crippen LogP contribution in [0.3, 0.4) is 0 Å². The predicted molar refractivity (Wildman–Crippen MR) is 137 cm³/mol. The number of carboxylic acids is 1. The van der Waals surface area contributed by atoms with Gasteiger partial charge in [0.2, 0.25) is 11.8 Å². The van der Waals surface area contributed by atoms with Crippen LogP contribution < -0.4 is 0 Å². The fraction of sp³-hybridized carbons (Fsp3) is 0.267. The number of allylic oxidation sites excluding steroid dienone is 4. The molecule has 1 saturated carbocycles. The average Bonchev–Trinajstić information content (AvgIpc) is 3.53. The first-order valence-electron chi connectivity index (χ1n) is 12.5. The Morgan fingerprint density at radius 3 is 2.27 bits per heavy atom. The van der Waals surface area contributed by atoms with Crippen LogP contribution in [0.2, 0.25) is 0 Å². The molecular formula is C30H27N3O4. The number of hydrogen-bond acceptors (Lipinski definition) is 6. The highest BCUT2D eigenvalue weighted by Crippen LogP contribution is 2.64. The van der Waals surface area contributed by atoms with Gasteiger partial charge in [-0.2, -0.15) is 0 Å². The summed E-state index contributed by atoms with van der Waals surface area (Å²) >= 11 is 0. The van der Waals surface area contributed by atoms with E-state index in [1.807, 2.05) is 67.6 Å². The molecule has 7 heteroatoms. The summed E-state index contributed by atoms with van der Waals surface area (Å²) in [5, 5.41) is 23.1. The molecule has 4 aromatic rings. The number of nitrogens with zero attached hydrogens (tertiary/aromatic N) is 3. The molecule has 0 saturated heterocycles. The van der Waals surface area contributed by atoms with E-state index in [0.29, 0.717) is 55.3 Å². The van der Waals surface area contributed by atoms with E-state index >= 15 is 0 Å². The van der Waals surface area contributed by atoms with Crippen LogP contribution in [-0.2, 0) is 23.1 Å². The highest BCUT2D eigenvalue weighted by molar-refractivity contribution is 5.83. The Morgan fingerprint density at radius 1 is 0.973 bits per heavy atom. The average molecular weight is 494 g/mol. The summed E-state index contributed by atoms with van der Waals surface area (Å²) in [6, 6.07) is 20.0. The Morgan fingerprint density at radius 2 is 1.65 bits per heavy atom. The zero-order valence-electron chi connectivity index (χ0n) is 20.6. The van der Waals surface area contributed by atoms with Crippen molar-refractivity contribution in [1.82, 2.24) is 15.4 Å². The molecule has 0 amide bonds. The molecule has 0 aliphatic heterocycles. The maximum atomic E-state index is 12.6. The van der Waals surface area contributed by atoms with Gasteiger partial charge in [-0.15, -0.1) is 10.2 Å². The van der Waals surface area contributed by atoms with Gasteiger partial charge in [-0.05, 0) is 42.9 Å². The van der Waals surface area contributed by atoms with E-state index in [2.05, 4.69) is 33.6 Å². The lowest BCUT2D eigenvalue weighted by molar-refractivity contribution is -0.146. The number of carboxylic acid groups (broad SMARTS) is 1. The van der Waals surface area contributed by atoms with Crippen molar-refractivity contribution in [3.63, 3.8) is 0 Å². The zero-order chi connectivity index (χ0) is 25.5. The van der Waals surface area contributed by atoms with Gasteiger partial charge < -0.3 is 14.0 Å². The van der Waals surface area contributed by atoms with Gasteiger partial charge in [-0.25, -0.2) is 0 Å². The molecule has 1 N–H and O–H groups in total. The van der Waals surface area contributed by atoms with E-state index in [4.69, 9.17) is 8.94 Å². The van der Waals surface area contributed by atoms with Crippen LogP contribution in [-0.4, -0.2) is 26.4 Å². The fourth-order valence-electron chi connectivity index (χ4n) is 5.50. The summed E-state index contributed by atoms with van der Waals surface area (Å²) < 4.78 is 11.9. The lowest BCUT2D eigenvalue weighted by Crippen LogP contribution is -2.41. The molecule has 6 rings (SSSR count). The van der Waals surface area contributed by atoms with Crippen molar-refractivity contribution >= 4 is 11.5 Å². The predicted octanol–water partition coefficient (Wildman–Crippen LogP) is 5.69. The van der Waals surface area contributed by atoms with Crippen LogP contribution in [0.4, 0.5) is 0 Å². The maximum absolute atomic E-state index is 12.6. The molecule has 37 heavy (non-hydrogen) atoms. The largest absolute Gasteiger partial charge is 0.481 e. The molecule has 0 bridgehead atoms. The minimum Gasteiger partial charge on any atom is -0.481 e. The number of aryl methyl sites for hydroxylation is 1. The van der Waals surface area contributed by atoms with Gasteiger partial charge in [-0.3, -0.25) is 4.79 Å². The first-order valence-corrected chi connectivity index (χ1v) is 12.5. The van der Waals surface area contributed by atoms with E-state index in [1.165, 1.54) is 0 Å². The van der Waals surface area contributed by atoms with Crippen molar-refractivity contribution in [1.29, 1.82) is 0 Å². The van der Waals surface area contributed by atoms with Crippen LogP contribution in [0.5, 0.6) is 0 Å². The fourth-order valence-corrected chi connectivity index (χ4v) is 5.50. The molecule has 2 heterocycles. The Balaban J connectivity index is 1.34. The van der Waals surface area contributed by atoms with E-state index in [1.54, 1.807) is 0 Å². The third kappa shape index (κ3) is 4.00. The van der Waals surface area contributed by atoms with Crippen molar-refractivity contribution < 1.29 is 18.8 Å². The normalized spacial score (nSPS) is 20.0. The molecule has 1 fully saturated rings. The van der Waals surface area contributed by atoms with Gasteiger partial charge in [0.1, 0.15) is 0 Å². The lowest BCUT2D eigenvalue weighted by atomic mass is 9.64. The van der Waals surface area contributed by atoms with E-state index in [0.717, 1.165) is 22.3 Å². The Kier molecular flexibility index (Phi) is 5.63. The van der Waals surface area contributed by atoms with Crippen LogP contribution in [0.15, 0.2) is 87.8 Å². The summed E-state index contributed by atoms with van der Waals surface area (Å²) in [5.41, 5.74) is 2.98. The van der Waals surface area contributed by atoms with Gasteiger partial charge >= 0.3 is 5.97 Å². The summed E-state index contributed by atoms with van der Waals surface area (Å²) in [4.78, 5) is 12.6. The van der Waals surface area contributed by atoms with Gasteiger partial charge in [0.05, 0.1) is 29.4 Å². The molecular weight excluding hydrogens is 466 g/mol. The molecule has 0 spiro atoms. The standard InChI is InChI=1S/C30H27N3O4/c1-20-24(19-26-32-31-25(36-26)18-21-8-4-2-5-9-21)27(37-33-20)29(30(16-17-30)28(34)35)14-12-23(13-15-29)22-10-6-3-7-11-22/h2-14H,15-19H2,1H3,(H,34,35). The topological polar surface area (TPSA) is 102 Å². The second-order valence-corrected chi connectivity index (χ2v) is 9.93. The van der Waals surface area contributed by atoms with E-state index < -0.39 is 16.8 Å². The molecule has 186 valence electrons. The third-order valence-corrected chi connectivity index (χ3v) is 7.74. The van der Waals surface area contributed by atoms with Crippen LogP contribution >= 0.6 is 0 Å². The van der Waals surface area contributed by atoms with Crippen molar-refractivity contribution in [2.45, 2.75) is 44.4 Å². The number of rotatable bonds is 8. The van der Waals surface area contributed by atoms with Crippen molar-refractivity contribution in [3.8, 4) is 0 Å². The summed E-state index contributed by atoms with van der Waals surface area (Å²) in [6.07, 6.45) is 8.71. The van der Waals surface area contributed by atoms with Crippen LogP contribution in [0, 0.1) is 12.3 Å². The van der Waals surface area contributed by atoms with Gasteiger partial charge in [-0.1, -0.05) is 84.0 Å². The minimum atomic E-state index is -0.934. The second-order valence-electron chi connectivity index (χ2n) is 9.93. The summed E-state index contributed by atoms with van der Waals surface area (Å²) in [6.45, 7) is 1.87. The number of benzene rings is 2. The van der Waals surface area contributed by atoms with Crippen molar-refractivity contribution in [2.24, 2.45) is 5.41 Å². The van der Waals surface area contributed by atoms with Gasteiger partial charge in [0.15, 0.2) is 5.76 Å². The molecule has 1 atom stereocenters. The monoisotopic (exact) mass is 493 g/mol. The molecule has 2 aromatic heterocycles. The Labute approximate surface area is 214 Å². The Hall–Kier alpha value is -4.26. The molecule has 2 aliphatic rings. The quantitative estimate of drug-likeness (QED) is 0.336. The van der Waals surface area contributed by atoms with Crippen LogP contribution in [0.25, 0.3) is 5.57 Å². The Bertz CT molecular complexity index is 1500. The molecule has 2 aliphatic carbocycles. The number of aromatic nitrogens is 3. The molecule has 0 radical (unpaired) electrons. The first kappa shape index (κ1) is 23.2. The number of carbonyl (C=O) groups is 1. The van der Waals surface area contributed by atoms with E-state index in [9.17, 15) is 9.90 Å². The SMILES string of the molecule is Cc1noc(C2(C3(C(=O)O)CC3)C=CC(c3ccccc3)=CC2)c1Cc1nnc(Cc2ccccc2)o1. The number of hydrogen-bond donors (Lipinski definition) is 1. The smallest absolute Gasteiger partial charge is 0.311 e. The van der Waals surface area contributed by atoms with E-state index in [-0.39, 0.29) is 0 Å². The highest BCUT2D eigenvalue weighted by atomic mass is 16.5. The first-order chi connectivity index (χ1) is 18.0. The third-order valence-electron chi connectivity index (χ3n) is 7.74. The molecule has 7 nitrogen and oxygen atoms in total. The van der Waals surface area contributed by atoms with Crippen molar-refractivity contribution in [3.05, 3.63) is 119 Å². The van der Waals surface area contributed by atoms with Gasteiger partial charge in [0, 0.05) is 5.56 Å². The summed E-state index contributed by atoms with van der Waals surface area (Å²) in [5.74, 6) is 0.752. The highest BCUT2D eigenvalue weighted by Gasteiger charge is 2.66. The minimum absolute atomic E-state index is 0.326.